The van der Waals surface area contributed by atoms with Crippen LogP contribution in [0.2, 0.25) is 0 Å². The summed E-state index contributed by atoms with van der Waals surface area (Å²) in [7, 11) is 1.26. The van der Waals surface area contributed by atoms with E-state index in [4.69, 9.17) is 16.3 Å². The van der Waals surface area contributed by atoms with E-state index in [-0.39, 0.29) is 17.2 Å². The van der Waals surface area contributed by atoms with Crippen LogP contribution in [0.5, 0.6) is 5.75 Å². The van der Waals surface area contributed by atoms with E-state index >= 15 is 0 Å². The van der Waals surface area contributed by atoms with Gasteiger partial charge < -0.3 is 9.47 Å². The van der Waals surface area contributed by atoms with Crippen LogP contribution in [0.3, 0.4) is 0 Å². The second-order valence-electron chi connectivity index (χ2n) is 3.05. The molecule has 0 aromatic heterocycles. The van der Waals surface area contributed by atoms with Gasteiger partial charge in [0.15, 0.2) is 0 Å². The van der Waals surface area contributed by atoms with E-state index in [2.05, 4.69) is 4.74 Å². The molecule has 1 aromatic carbocycles. The maximum absolute atomic E-state index is 11.4. The number of esters is 2. The molecule has 86 valence electrons. The van der Waals surface area contributed by atoms with Crippen molar-refractivity contribution in [3.05, 3.63) is 29.3 Å². The van der Waals surface area contributed by atoms with Gasteiger partial charge in [-0.2, -0.15) is 0 Å². The summed E-state index contributed by atoms with van der Waals surface area (Å²) >= 11 is 5.64. The minimum Gasteiger partial charge on any atom is -0.465 e. The number of carbonyl (C=O) groups excluding carboxylic acids is 2. The van der Waals surface area contributed by atoms with Gasteiger partial charge in [-0.25, -0.2) is 4.79 Å². The van der Waals surface area contributed by atoms with E-state index in [1.807, 2.05) is 0 Å². The molecule has 0 aliphatic heterocycles. The molecular weight excluding hydrogens is 232 g/mol. The van der Waals surface area contributed by atoms with Crippen molar-refractivity contribution < 1.29 is 19.1 Å². The van der Waals surface area contributed by atoms with Gasteiger partial charge in [0.1, 0.15) is 11.3 Å². The molecule has 4 nitrogen and oxygen atoms in total. The first-order valence-electron chi connectivity index (χ1n) is 4.54. The Hall–Kier alpha value is -1.55. The van der Waals surface area contributed by atoms with Gasteiger partial charge in [-0.15, -0.1) is 11.6 Å². The summed E-state index contributed by atoms with van der Waals surface area (Å²) in [5, 5.41) is 0. The average molecular weight is 243 g/mol. The summed E-state index contributed by atoms with van der Waals surface area (Å²) in [6.45, 7) is 1.26. The summed E-state index contributed by atoms with van der Waals surface area (Å²) < 4.78 is 9.47. The molecule has 0 spiro atoms. The van der Waals surface area contributed by atoms with Crippen molar-refractivity contribution in [1.29, 1.82) is 0 Å². The molecule has 0 aliphatic rings. The van der Waals surface area contributed by atoms with Crippen LogP contribution in [0.4, 0.5) is 0 Å². The summed E-state index contributed by atoms with van der Waals surface area (Å²) in [4.78, 5) is 22.3. The second-order valence-corrected chi connectivity index (χ2v) is 3.32. The van der Waals surface area contributed by atoms with Gasteiger partial charge >= 0.3 is 11.9 Å². The Kier molecular flexibility index (Phi) is 4.31. The van der Waals surface area contributed by atoms with Crippen molar-refractivity contribution in [3.8, 4) is 5.75 Å². The molecule has 0 N–H and O–H groups in total. The Labute approximate surface area is 98.1 Å². The lowest BCUT2D eigenvalue weighted by Crippen LogP contribution is -2.09. The van der Waals surface area contributed by atoms with E-state index in [1.54, 1.807) is 6.07 Å². The van der Waals surface area contributed by atoms with Gasteiger partial charge in [-0.05, 0) is 17.7 Å². The molecule has 0 saturated carbocycles. The minimum absolute atomic E-state index is 0.174. The van der Waals surface area contributed by atoms with Crippen LogP contribution in [0.25, 0.3) is 0 Å². The zero-order valence-electron chi connectivity index (χ0n) is 8.95. The van der Waals surface area contributed by atoms with Crippen LogP contribution in [-0.4, -0.2) is 19.0 Å². The third-order valence-electron chi connectivity index (χ3n) is 1.86. The molecule has 0 amide bonds. The van der Waals surface area contributed by atoms with Gasteiger partial charge in [-0.1, -0.05) is 6.07 Å². The third kappa shape index (κ3) is 2.97. The van der Waals surface area contributed by atoms with Crippen molar-refractivity contribution in [2.24, 2.45) is 0 Å². The maximum atomic E-state index is 11.4. The number of rotatable bonds is 3. The van der Waals surface area contributed by atoms with Gasteiger partial charge in [0, 0.05) is 12.8 Å². The lowest BCUT2D eigenvalue weighted by Gasteiger charge is -2.08. The predicted molar refractivity (Wildman–Crippen MR) is 58.6 cm³/mol. The number of hydrogen-bond donors (Lipinski definition) is 0. The number of hydrogen-bond acceptors (Lipinski definition) is 4. The average Bonchev–Trinajstić information content (AvgIpc) is 2.28. The molecular formula is C11H11ClO4. The summed E-state index contributed by atoms with van der Waals surface area (Å²) in [5.74, 6) is -0.620. The normalized spacial score (nSPS) is 9.69. The SMILES string of the molecule is COC(=O)c1cc(CCl)ccc1OC(C)=O. The molecule has 1 aromatic rings. The van der Waals surface area contributed by atoms with Gasteiger partial charge in [0.2, 0.25) is 0 Å². The Balaban J connectivity index is 3.15. The molecule has 0 saturated heterocycles. The molecule has 0 aliphatic carbocycles. The number of benzene rings is 1. The first kappa shape index (κ1) is 12.5. The van der Waals surface area contributed by atoms with Crippen LogP contribution < -0.4 is 4.74 Å². The molecule has 5 heteroatoms. The fraction of sp³-hybridized carbons (Fsp3) is 0.273. The van der Waals surface area contributed by atoms with Crippen molar-refractivity contribution in [1.82, 2.24) is 0 Å². The lowest BCUT2D eigenvalue weighted by molar-refractivity contribution is -0.131. The van der Waals surface area contributed by atoms with Crippen LogP contribution >= 0.6 is 11.6 Å². The van der Waals surface area contributed by atoms with Crippen molar-refractivity contribution >= 4 is 23.5 Å². The van der Waals surface area contributed by atoms with Crippen LogP contribution in [0, 0.1) is 0 Å². The highest BCUT2D eigenvalue weighted by molar-refractivity contribution is 6.17. The number of methoxy groups -OCH3 is 1. The number of alkyl halides is 1. The first-order chi connectivity index (χ1) is 7.58. The number of halogens is 1. The molecule has 0 bridgehead atoms. The zero-order valence-corrected chi connectivity index (χ0v) is 9.71. The Morgan fingerprint density at radius 1 is 1.38 bits per heavy atom. The molecule has 0 fully saturated rings. The largest absolute Gasteiger partial charge is 0.465 e. The number of carbonyl (C=O) groups is 2. The van der Waals surface area contributed by atoms with E-state index in [0.29, 0.717) is 0 Å². The topological polar surface area (TPSA) is 52.6 Å². The van der Waals surface area contributed by atoms with Crippen molar-refractivity contribution in [2.45, 2.75) is 12.8 Å². The highest BCUT2D eigenvalue weighted by atomic mass is 35.5. The van der Waals surface area contributed by atoms with Crippen LogP contribution in [0.1, 0.15) is 22.8 Å². The van der Waals surface area contributed by atoms with E-state index in [1.165, 1.54) is 26.2 Å². The fourth-order valence-electron chi connectivity index (χ4n) is 1.17. The van der Waals surface area contributed by atoms with Crippen LogP contribution in [0.15, 0.2) is 18.2 Å². The Morgan fingerprint density at radius 3 is 2.56 bits per heavy atom. The fourth-order valence-corrected chi connectivity index (χ4v) is 1.34. The zero-order chi connectivity index (χ0) is 12.1. The minimum atomic E-state index is -0.566. The van der Waals surface area contributed by atoms with E-state index in [0.717, 1.165) is 5.56 Å². The summed E-state index contributed by atoms with van der Waals surface area (Å²) in [5.41, 5.74) is 0.939. The molecule has 1 rings (SSSR count). The second kappa shape index (κ2) is 5.51. The molecule has 16 heavy (non-hydrogen) atoms. The van der Waals surface area contributed by atoms with E-state index in [9.17, 15) is 9.59 Å². The van der Waals surface area contributed by atoms with E-state index < -0.39 is 11.9 Å². The van der Waals surface area contributed by atoms with Gasteiger partial charge in [0.05, 0.1) is 7.11 Å². The molecule has 0 heterocycles. The summed E-state index contributed by atoms with van der Waals surface area (Å²) in [6, 6.07) is 4.74. The smallest absolute Gasteiger partial charge is 0.341 e. The monoisotopic (exact) mass is 242 g/mol. The quantitative estimate of drug-likeness (QED) is 0.463. The summed E-state index contributed by atoms with van der Waals surface area (Å²) in [6.07, 6.45) is 0. The maximum Gasteiger partial charge on any atom is 0.341 e. The molecule has 0 unspecified atom stereocenters. The highest BCUT2D eigenvalue weighted by Gasteiger charge is 2.15. The Bertz CT molecular complexity index is 414. The molecule has 0 atom stereocenters. The third-order valence-corrected chi connectivity index (χ3v) is 2.17. The van der Waals surface area contributed by atoms with Gasteiger partial charge in [-0.3, -0.25) is 4.79 Å². The van der Waals surface area contributed by atoms with Gasteiger partial charge in [0.25, 0.3) is 0 Å². The number of ether oxygens (including phenoxy) is 2. The standard InChI is InChI=1S/C11H11ClO4/c1-7(13)16-10-4-3-8(6-12)5-9(10)11(14)15-2/h3-5H,6H2,1-2H3. The van der Waals surface area contributed by atoms with Crippen molar-refractivity contribution in [2.75, 3.05) is 7.11 Å². The molecule has 0 radical (unpaired) electrons. The lowest BCUT2D eigenvalue weighted by atomic mass is 10.1. The Morgan fingerprint density at radius 2 is 2.06 bits per heavy atom. The van der Waals surface area contributed by atoms with Crippen molar-refractivity contribution in [3.63, 3.8) is 0 Å². The highest BCUT2D eigenvalue weighted by Crippen LogP contribution is 2.22. The first-order valence-corrected chi connectivity index (χ1v) is 5.07. The van der Waals surface area contributed by atoms with Crippen LogP contribution in [-0.2, 0) is 15.4 Å². The predicted octanol–water partition coefficient (Wildman–Crippen LogP) is 2.14.